The van der Waals surface area contributed by atoms with E-state index in [4.69, 9.17) is 0 Å². The van der Waals surface area contributed by atoms with Crippen LogP contribution in [0.5, 0.6) is 0 Å². The maximum atomic E-state index is 11.7. The van der Waals surface area contributed by atoms with E-state index in [2.05, 4.69) is 16.9 Å². The van der Waals surface area contributed by atoms with Gasteiger partial charge in [0.25, 0.3) is 0 Å². The largest absolute Gasteiger partial charge is 0.477 e. The second-order valence-corrected chi connectivity index (χ2v) is 5.52. The minimum absolute atomic E-state index is 0.313. The Morgan fingerprint density at radius 2 is 2.05 bits per heavy atom. The van der Waals surface area contributed by atoms with Crippen molar-refractivity contribution < 1.29 is 9.90 Å². The predicted octanol–water partition coefficient (Wildman–Crippen LogP) is 2.87. The summed E-state index contributed by atoms with van der Waals surface area (Å²) in [4.78, 5) is 13.8. The first-order chi connectivity index (χ1) is 10.1. The molecule has 1 fully saturated rings. The fraction of sp³-hybridized carbons (Fsp3) is 0.375. The first kappa shape index (κ1) is 13.7. The minimum atomic E-state index is -0.913. The van der Waals surface area contributed by atoms with Gasteiger partial charge < -0.3 is 10.0 Å². The van der Waals surface area contributed by atoms with E-state index in [1.165, 1.54) is 0 Å². The summed E-state index contributed by atoms with van der Waals surface area (Å²) in [7, 11) is 0. The molecule has 1 aromatic heterocycles. The number of aromatic carboxylic acids is 1. The van der Waals surface area contributed by atoms with Crippen LogP contribution in [0, 0.1) is 6.92 Å². The number of carboxylic acid groups (broad SMARTS) is 1. The van der Waals surface area contributed by atoms with Crippen LogP contribution in [0.2, 0.25) is 0 Å². The van der Waals surface area contributed by atoms with Crippen molar-refractivity contribution in [3.05, 3.63) is 41.6 Å². The maximum Gasteiger partial charge on any atom is 0.341 e. The highest BCUT2D eigenvalue weighted by atomic mass is 16.4. The van der Waals surface area contributed by atoms with Crippen molar-refractivity contribution in [2.45, 2.75) is 32.7 Å². The SMILES string of the molecule is Cc1nn(-c2ccccc2)c(N2CCCC2C)c1C(=O)O. The number of nitrogens with zero attached hydrogens (tertiary/aromatic N) is 3. The lowest BCUT2D eigenvalue weighted by Gasteiger charge is -2.25. The highest BCUT2D eigenvalue weighted by Crippen LogP contribution is 2.32. The molecular formula is C16H19N3O2. The van der Waals surface area contributed by atoms with Crippen molar-refractivity contribution in [3.8, 4) is 5.69 Å². The van der Waals surface area contributed by atoms with Gasteiger partial charge in [-0.25, -0.2) is 9.48 Å². The number of aryl methyl sites for hydroxylation is 1. The molecule has 110 valence electrons. The van der Waals surface area contributed by atoms with Gasteiger partial charge in [-0.05, 0) is 38.8 Å². The Hall–Kier alpha value is -2.30. The van der Waals surface area contributed by atoms with Gasteiger partial charge in [-0.3, -0.25) is 0 Å². The molecule has 1 unspecified atom stereocenters. The molecule has 1 atom stereocenters. The number of carboxylic acids is 1. The third kappa shape index (κ3) is 2.28. The number of aromatic nitrogens is 2. The molecule has 1 N–H and O–H groups in total. The van der Waals surface area contributed by atoms with Crippen LogP contribution in [0.15, 0.2) is 30.3 Å². The second kappa shape index (κ2) is 5.24. The molecule has 5 nitrogen and oxygen atoms in total. The average molecular weight is 285 g/mol. The highest BCUT2D eigenvalue weighted by Gasteiger charge is 2.31. The van der Waals surface area contributed by atoms with Crippen LogP contribution in [0.25, 0.3) is 5.69 Å². The molecule has 0 aliphatic carbocycles. The Balaban J connectivity index is 2.21. The zero-order chi connectivity index (χ0) is 15.0. The molecule has 0 radical (unpaired) electrons. The molecule has 0 bridgehead atoms. The van der Waals surface area contributed by atoms with E-state index in [0.29, 0.717) is 23.1 Å². The van der Waals surface area contributed by atoms with E-state index in [1.807, 2.05) is 30.3 Å². The Morgan fingerprint density at radius 1 is 1.33 bits per heavy atom. The number of hydrogen-bond donors (Lipinski definition) is 1. The minimum Gasteiger partial charge on any atom is -0.477 e. The van der Waals surface area contributed by atoms with Gasteiger partial charge in [-0.2, -0.15) is 5.10 Å². The summed E-state index contributed by atoms with van der Waals surface area (Å²) in [5, 5.41) is 14.0. The number of para-hydroxylation sites is 1. The second-order valence-electron chi connectivity index (χ2n) is 5.52. The summed E-state index contributed by atoms with van der Waals surface area (Å²) in [6, 6.07) is 10.0. The molecule has 0 amide bonds. The smallest absolute Gasteiger partial charge is 0.341 e. The van der Waals surface area contributed by atoms with Crippen molar-refractivity contribution >= 4 is 11.8 Å². The molecule has 1 aliphatic heterocycles. The van der Waals surface area contributed by atoms with Crippen molar-refractivity contribution in [2.75, 3.05) is 11.4 Å². The molecule has 21 heavy (non-hydrogen) atoms. The molecule has 2 heterocycles. The zero-order valence-electron chi connectivity index (χ0n) is 12.3. The topological polar surface area (TPSA) is 58.4 Å². The molecule has 0 spiro atoms. The normalized spacial score (nSPS) is 18.2. The van der Waals surface area contributed by atoms with Gasteiger partial charge in [-0.1, -0.05) is 18.2 Å². The Kier molecular flexibility index (Phi) is 3.41. The van der Waals surface area contributed by atoms with Crippen LogP contribution in [0.4, 0.5) is 5.82 Å². The summed E-state index contributed by atoms with van der Waals surface area (Å²) in [6.45, 7) is 4.77. The Morgan fingerprint density at radius 3 is 2.62 bits per heavy atom. The summed E-state index contributed by atoms with van der Waals surface area (Å²) >= 11 is 0. The van der Waals surface area contributed by atoms with Gasteiger partial charge in [0.1, 0.15) is 11.4 Å². The van der Waals surface area contributed by atoms with Crippen molar-refractivity contribution in [2.24, 2.45) is 0 Å². The molecule has 2 aromatic rings. The first-order valence-electron chi connectivity index (χ1n) is 7.24. The van der Waals surface area contributed by atoms with Crippen LogP contribution >= 0.6 is 0 Å². The van der Waals surface area contributed by atoms with E-state index in [1.54, 1.807) is 11.6 Å². The summed E-state index contributed by atoms with van der Waals surface area (Å²) in [5.41, 5.74) is 1.76. The summed E-state index contributed by atoms with van der Waals surface area (Å²) < 4.78 is 1.76. The first-order valence-corrected chi connectivity index (χ1v) is 7.24. The van der Waals surface area contributed by atoms with E-state index < -0.39 is 5.97 Å². The lowest BCUT2D eigenvalue weighted by molar-refractivity contribution is 0.0697. The number of carbonyl (C=O) groups is 1. The summed E-state index contributed by atoms with van der Waals surface area (Å²) in [5.74, 6) is -0.208. The monoisotopic (exact) mass is 285 g/mol. The average Bonchev–Trinajstić information content (AvgIpc) is 3.02. The van der Waals surface area contributed by atoms with Gasteiger partial charge in [0, 0.05) is 12.6 Å². The molecule has 3 rings (SSSR count). The van der Waals surface area contributed by atoms with Gasteiger partial charge in [0.2, 0.25) is 0 Å². The Bertz CT molecular complexity index is 664. The van der Waals surface area contributed by atoms with Gasteiger partial charge in [0.05, 0.1) is 11.4 Å². The van der Waals surface area contributed by atoms with E-state index >= 15 is 0 Å². The predicted molar refractivity (Wildman–Crippen MR) is 81.3 cm³/mol. The standard InChI is InChI=1S/C16H19N3O2/c1-11-7-6-10-18(11)15-14(16(20)21)12(2)17-19(15)13-8-4-3-5-9-13/h3-5,8-9,11H,6-7,10H2,1-2H3,(H,20,21). The molecule has 5 heteroatoms. The molecule has 1 aliphatic rings. The quantitative estimate of drug-likeness (QED) is 0.942. The van der Waals surface area contributed by atoms with Crippen LogP contribution in [-0.2, 0) is 0 Å². The van der Waals surface area contributed by atoms with Crippen LogP contribution in [0.1, 0.15) is 35.8 Å². The molecule has 1 aromatic carbocycles. The van der Waals surface area contributed by atoms with Crippen molar-refractivity contribution in [3.63, 3.8) is 0 Å². The maximum absolute atomic E-state index is 11.7. The van der Waals surface area contributed by atoms with Crippen molar-refractivity contribution in [1.82, 2.24) is 9.78 Å². The third-order valence-electron chi connectivity index (χ3n) is 4.08. The van der Waals surface area contributed by atoms with Crippen LogP contribution < -0.4 is 4.90 Å². The number of hydrogen-bond acceptors (Lipinski definition) is 3. The van der Waals surface area contributed by atoms with Crippen molar-refractivity contribution in [1.29, 1.82) is 0 Å². The zero-order valence-corrected chi connectivity index (χ0v) is 12.3. The van der Waals surface area contributed by atoms with E-state index in [0.717, 1.165) is 25.1 Å². The third-order valence-corrected chi connectivity index (χ3v) is 4.08. The van der Waals surface area contributed by atoms with E-state index in [-0.39, 0.29) is 0 Å². The van der Waals surface area contributed by atoms with E-state index in [9.17, 15) is 9.90 Å². The van der Waals surface area contributed by atoms with Gasteiger partial charge >= 0.3 is 5.97 Å². The van der Waals surface area contributed by atoms with Gasteiger partial charge in [0.15, 0.2) is 0 Å². The number of rotatable bonds is 3. The summed E-state index contributed by atoms with van der Waals surface area (Å²) in [6.07, 6.45) is 2.16. The Labute approximate surface area is 123 Å². The number of anilines is 1. The fourth-order valence-corrected chi connectivity index (χ4v) is 3.03. The highest BCUT2D eigenvalue weighted by molar-refractivity contribution is 5.95. The lowest BCUT2D eigenvalue weighted by atomic mass is 10.2. The van der Waals surface area contributed by atoms with Crippen LogP contribution in [0.3, 0.4) is 0 Å². The number of benzene rings is 1. The fourth-order valence-electron chi connectivity index (χ4n) is 3.03. The lowest BCUT2D eigenvalue weighted by Crippen LogP contribution is -2.30. The van der Waals surface area contributed by atoms with Crippen LogP contribution in [-0.4, -0.2) is 33.4 Å². The van der Waals surface area contributed by atoms with Gasteiger partial charge in [-0.15, -0.1) is 0 Å². The molecule has 0 saturated carbocycles. The molecule has 1 saturated heterocycles. The molecular weight excluding hydrogens is 266 g/mol.